The van der Waals surface area contributed by atoms with Crippen molar-refractivity contribution in [3.63, 3.8) is 0 Å². The Bertz CT molecular complexity index is 487. The smallest absolute Gasteiger partial charge is 0.303 e. The van der Waals surface area contributed by atoms with Gasteiger partial charge in [0.05, 0.1) is 5.69 Å². The van der Waals surface area contributed by atoms with Crippen LogP contribution >= 0.6 is 11.6 Å². The van der Waals surface area contributed by atoms with Crippen molar-refractivity contribution in [1.29, 1.82) is 0 Å². The van der Waals surface area contributed by atoms with Gasteiger partial charge in [0.25, 0.3) is 5.91 Å². The Kier molecular flexibility index (Phi) is 3.07. The number of nitrogens with zero attached hydrogens (tertiary/aromatic N) is 1. The summed E-state index contributed by atoms with van der Waals surface area (Å²) in [5.74, 6) is -0.702. The number of benzene rings is 1. The summed E-state index contributed by atoms with van der Waals surface area (Å²) >= 11 is 5.89. The Morgan fingerprint density at radius 1 is 1.53 bits per heavy atom. The first-order valence-corrected chi connectivity index (χ1v) is 5.70. The molecular formula is C12H12ClNO3. The minimum atomic E-state index is -0.860. The third-order valence-corrected chi connectivity index (χ3v) is 2.89. The highest BCUT2D eigenvalue weighted by Crippen LogP contribution is 2.39. The summed E-state index contributed by atoms with van der Waals surface area (Å²) in [4.78, 5) is 24.6. The van der Waals surface area contributed by atoms with Crippen molar-refractivity contribution in [2.45, 2.75) is 20.0 Å². The number of carbonyl (C=O) groups excluding carboxylic acids is 2. The second-order valence-corrected chi connectivity index (χ2v) is 4.21. The third-order valence-electron chi connectivity index (χ3n) is 2.65. The van der Waals surface area contributed by atoms with Crippen LogP contribution in [0.5, 0.6) is 0 Å². The maximum absolute atomic E-state index is 12.0. The molecule has 0 bridgehead atoms. The average molecular weight is 254 g/mol. The summed E-state index contributed by atoms with van der Waals surface area (Å²) in [7, 11) is 0. The van der Waals surface area contributed by atoms with E-state index in [0.717, 1.165) is 5.69 Å². The van der Waals surface area contributed by atoms with Crippen LogP contribution < -0.4 is 4.90 Å². The first-order valence-electron chi connectivity index (χ1n) is 5.32. The highest BCUT2D eigenvalue weighted by Gasteiger charge is 2.38. The van der Waals surface area contributed by atoms with Gasteiger partial charge in [-0.05, 0) is 25.1 Å². The molecule has 1 unspecified atom stereocenters. The van der Waals surface area contributed by atoms with Gasteiger partial charge in [-0.15, -0.1) is 0 Å². The quantitative estimate of drug-likeness (QED) is 0.760. The van der Waals surface area contributed by atoms with Gasteiger partial charge in [0.15, 0.2) is 0 Å². The Morgan fingerprint density at radius 2 is 2.24 bits per heavy atom. The van der Waals surface area contributed by atoms with E-state index in [2.05, 4.69) is 0 Å². The summed E-state index contributed by atoms with van der Waals surface area (Å²) in [5.41, 5.74) is 1.41. The van der Waals surface area contributed by atoms with Crippen molar-refractivity contribution in [2.24, 2.45) is 0 Å². The number of fused-ring (bicyclic) bond motifs is 1. The van der Waals surface area contributed by atoms with Gasteiger partial charge in [-0.1, -0.05) is 11.6 Å². The SMILES string of the molecule is CCN1C(=O)C(OC(C)=O)c2cc(Cl)ccc21. The molecule has 0 N–H and O–H groups in total. The number of carbonyl (C=O) groups is 2. The normalized spacial score (nSPS) is 18.2. The van der Waals surface area contributed by atoms with Crippen LogP contribution in [0.25, 0.3) is 0 Å². The van der Waals surface area contributed by atoms with Crippen LogP contribution in [0.15, 0.2) is 18.2 Å². The minimum absolute atomic E-state index is 0.222. The van der Waals surface area contributed by atoms with Gasteiger partial charge < -0.3 is 9.64 Å². The van der Waals surface area contributed by atoms with E-state index in [9.17, 15) is 9.59 Å². The fourth-order valence-electron chi connectivity index (χ4n) is 1.98. The van der Waals surface area contributed by atoms with Crippen LogP contribution in [0, 0.1) is 0 Å². The summed E-state index contributed by atoms with van der Waals surface area (Å²) in [5, 5.41) is 0.520. The molecule has 0 fully saturated rings. The first-order chi connectivity index (χ1) is 8.04. The summed E-state index contributed by atoms with van der Waals surface area (Å²) < 4.78 is 5.05. The number of esters is 1. The molecule has 0 spiro atoms. The van der Waals surface area contributed by atoms with Gasteiger partial charge in [0.1, 0.15) is 0 Å². The van der Waals surface area contributed by atoms with Crippen LogP contribution in [0.1, 0.15) is 25.5 Å². The Labute approximate surface area is 104 Å². The molecule has 1 atom stereocenters. The zero-order valence-corrected chi connectivity index (χ0v) is 10.3. The van der Waals surface area contributed by atoms with E-state index in [0.29, 0.717) is 17.1 Å². The Hall–Kier alpha value is -1.55. The van der Waals surface area contributed by atoms with E-state index < -0.39 is 12.1 Å². The minimum Gasteiger partial charge on any atom is -0.447 e. The molecule has 0 radical (unpaired) electrons. The summed E-state index contributed by atoms with van der Waals surface area (Å²) in [6.45, 7) is 3.68. The number of amides is 1. The molecule has 0 saturated heterocycles. The Morgan fingerprint density at radius 3 is 2.82 bits per heavy atom. The van der Waals surface area contributed by atoms with Gasteiger partial charge in [0.2, 0.25) is 6.10 Å². The van der Waals surface area contributed by atoms with E-state index in [1.807, 2.05) is 6.92 Å². The van der Waals surface area contributed by atoms with Gasteiger partial charge in [-0.3, -0.25) is 9.59 Å². The number of hydrogen-bond acceptors (Lipinski definition) is 3. The molecule has 4 nitrogen and oxygen atoms in total. The van der Waals surface area contributed by atoms with E-state index in [1.165, 1.54) is 6.92 Å². The maximum Gasteiger partial charge on any atom is 0.303 e. The molecule has 1 aromatic rings. The standard InChI is InChI=1S/C12H12ClNO3/c1-3-14-10-5-4-8(13)6-9(10)11(12(14)16)17-7(2)15/h4-6,11H,3H2,1-2H3. The molecule has 1 heterocycles. The molecule has 90 valence electrons. The molecule has 1 aliphatic heterocycles. The predicted octanol–water partition coefficient (Wildman–Crippen LogP) is 2.31. The zero-order chi connectivity index (χ0) is 12.6. The molecule has 5 heteroatoms. The number of rotatable bonds is 2. The molecule has 17 heavy (non-hydrogen) atoms. The number of anilines is 1. The number of halogens is 1. The van der Waals surface area contributed by atoms with Gasteiger partial charge in [-0.2, -0.15) is 0 Å². The Balaban J connectivity index is 2.47. The lowest BCUT2D eigenvalue weighted by atomic mass is 10.1. The zero-order valence-electron chi connectivity index (χ0n) is 9.57. The first kappa shape index (κ1) is 11.9. The topological polar surface area (TPSA) is 46.6 Å². The second kappa shape index (κ2) is 4.37. The van der Waals surface area contributed by atoms with E-state index in [-0.39, 0.29) is 5.91 Å². The van der Waals surface area contributed by atoms with Crippen LogP contribution in [0.2, 0.25) is 5.02 Å². The molecule has 0 aliphatic carbocycles. The van der Waals surface area contributed by atoms with E-state index >= 15 is 0 Å². The van der Waals surface area contributed by atoms with E-state index in [4.69, 9.17) is 16.3 Å². The predicted molar refractivity (Wildman–Crippen MR) is 64.0 cm³/mol. The van der Waals surface area contributed by atoms with Crippen LogP contribution in [-0.2, 0) is 14.3 Å². The number of ether oxygens (including phenoxy) is 1. The number of hydrogen-bond donors (Lipinski definition) is 0. The number of likely N-dealkylation sites (N-methyl/N-ethyl adjacent to an activating group) is 1. The fraction of sp³-hybridized carbons (Fsp3) is 0.333. The van der Waals surface area contributed by atoms with Crippen molar-refractivity contribution in [3.8, 4) is 0 Å². The maximum atomic E-state index is 12.0. The van der Waals surface area contributed by atoms with Gasteiger partial charge in [0, 0.05) is 24.1 Å². The van der Waals surface area contributed by atoms with Crippen molar-refractivity contribution in [3.05, 3.63) is 28.8 Å². The van der Waals surface area contributed by atoms with Crippen molar-refractivity contribution in [2.75, 3.05) is 11.4 Å². The van der Waals surface area contributed by atoms with Gasteiger partial charge >= 0.3 is 5.97 Å². The largest absolute Gasteiger partial charge is 0.447 e. The lowest BCUT2D eigenvalue weighted by Crippen LogP contribution is -2.29. The lowest BCUT2D eigenvalue weighted by Gasteiger charge is -2.14. The molecule has 1 amide bonds. The van der Waals surface area contributed by atoms with Crippen LogP contribution in [0.3, 0.4) is 0 Å². The molecule has 0 aromatic heterocycles. The molecular weight excluding hydrogens is 242 g/mol. The summed E-state index contributed by atoms with van der Waals surface area (Å²) in [6, 6.07) is 5.15. The molecule has 0 saturated carbocycles. The fourth-order valence-corrected chi connectivity index (χ4v) is 2.16. The molecule has 1 aromatic carbocycles. The van der Waals surface area contributed by atoms with E-state index in [1.54, 1.807) is 23.1 Å². The average Bonchev–Trinajstić information content (AvgIpc) is 2.51. The molecule has 1 aliphatic rings. The highest BCUT2D eigenvalue weighted by atomic mass is 35.5. The van der Waals surface area contributed by atoms with Crippen LogP contribution in [-0.4, -0.2) is 18.4 Å². The highest BCUT2D eigenvalue weighted by molar-refractivity contribution is 6.31. The third kappa shape index (κ3) is 2.00. The lowest BCUT2D eigenvalue weighted by molar-refractivity contribution is -0.152. The van der Waals surface area contributed by atoms with Crippen molar-refractivity contribution < 1.29 is 14.3 Å². The molecule has 2 rings (SSSR count). The van der Waals surface area contributed by atoms with Crippen molar-refractivity contribution >= 4 is 29.2 Å². The van der Waals surface area contributed by atoms with Crippen LogP contribution in [0.4, 0.5) is 5.69 Å². The van der Waals surface area contributed by atoms with Crippen molar-refractivity contribution in [1.82, 2.24) is 0 Å². The summed E-state index contributed by atoms with van der Waals surface area (Å²) in [6.07, 6.45) is -0.860. The second-order valence-electron chi connectivity index (χ2n) is 3.78. The monoisotopic (exact) mass is 253 g/mol. The van der Waals surface area contributed by atoms with Gasteiger partial charge in [-0.25, -0.2) is 0 Å².